The standard InChI is InChI=1S/C15H21N3OS/c1-11(13-7-5-12(9-16)6-8-13)18-14(19)17-10-15(2,3)20-4/h5-8,11H,10H2,1-4H3,(H2,17,18,19)/t11-/m0/s1. The normalized spacial score (nSPS) is 12.3. The summed E-state index contributed by atoms with van der Waals surface area (Å²) in [6.07, 6.45) is 2.03. The molecule has 20 heavy (non-hydrogen) atoms. The molecule has 0 aromatic heterocycles. The van der Waals surface area contributed by atoms with Crippen molar-refractivity contribution in [2.24, 2.45) is 0 Å². The number of benzene rings is 1. The average molecular weight is 291 g/mol. The number of nitrogens with zero attached hydrogens (tertiary/aromatic N) is 1. The summed E-state index contributed by atoms with van der Waals surface area (Å²) in [5, 5.41) is 14.5. The van der Waals surface area contributed by atoms with E-state index in [-0.39, 0.29) is 16.8 Å². The minimum absolute atomic E-state index is 0.0228. The Bertz CT molecular complexity index is 491. The Hall–Kier alpha value is -1.67. The zero-order valence-corrected chi connectivity index (χ0v) is 13.2. The Morgan fingerprint density at radius 2 is 2.00 bits per heavy atom. The lowest BCUT2D eigenvalue weighted by Crippen LogP contribution is -2.42. The quantitative estimate of drug-likeness (QED) is 0.876. The number of amides is 2. The third-order valence-electron chi connectivity index (χ3n) is 3.11. The van der Waals surface area contributed by atoms with Crippen LogP contribution in [0.3, 0.4) is 0 Å². The van der Waals surface area contributed by atoms with Crippen LogP contribution in [0, 0.1) is 11.3 Å². The Morgan fingerprint density at radius 1 is 1.40 bits per heavy atom. The highest BCUT2D eigenvalue weighted by Gasteiger charge is 2.17. The summed E-state index contributed by atoms with van der Waals surface area (Å²) in [5.74, 6) is 0. The number of carbonyl (C=O) groups excluding carboxylic acids is 1. The number of carbonyl (C=O) groups is 1. The summed E-state index contributed by atoms with van der Waals surface area (Å²) in [6, 6.07) is 9.02. The van der Waals surface area contributed by atoms with Gasteiger partial charge in [-0.2, -0.15) is 17.0 Å². The van der Waals surface area contributed by atoms with Crippen LogP contribution in [0.2, 0.25) is 0 Å². The molecule has 1 atom stereocenters. The summed E-state index contributed by atoms with van der Waals surface area (Å²) in [4.78, 5) is 11.8. The van der Waals surface area contributed by atoms with E-state index in [4.69, 9.17) is 5.26 Å². The Balaban J connectivity index is 2.51. The molecule has 0 radical (unpaired) electrons. The molecule has 1 rings (SSSR count). The van der Waals surface area contributed by atoms with E-state index in [9.17, 15) is 4.79 Å². The van der Waals surface area contributed by atoms with Gasteiger partial charge < -0.3 is 10.6 Å². The van der Waals surface area contributed by atoms with Gasteiger partial charge in [-0.3, -0.25) is 0 Å². The van der Waals surface area contributed by atoms with Crippen LogP contribution in [0.25, 0.3) is 0 Å². The first-order valence-electron chi connectivity index (χ1n) is 6.47. The first-order valence-corrected chi connectivity index (χ1v) is 7.70. The third kappa shape index (κ3) is 5.14. The SMILES string of the molecule is CSC(C)(C)CNC(=O)N[C@@H](C)c1ccc(C#N)cc1. The Kier molecular flexibility index (Phi) is 5.90. The minimum atomic E-state index is -0.177. The van der Waals surface area contributed by atoms with Gasteiger partial charge in [-0.15, -0.1) is 0 Å². The predicted octanol–water partition coefficient (Wildman–Crippen LogP) is 3.06. The van der Waals surface area contributed by atoms with Gasteiger partial charge in [-0.1, -0.05) is 12.1 Å². The summed E-state index contributed by atoms with van der Waals surface area (Å²) < 4.78 is 0.0228. The molecule has 0 aliphatic heterocycles. The summed E-state index contributed by atoms with van der Waals surface area (Å²) in [5.41, 5.74) is 1.59. The monoisotopic (exact) mass is 291 g/mol. The highest BCUT2D eigenvalue weighted by molar-refractivity contribution is 7.99. The van der Waals surface area contributed by atoms with Gasteiger partial charge >= 0.3 is 6.03 Å². The van der Waals surface area contributed by atoms with Crippen LogP contribution in [0.4, 0.5) is 4.79 Å². The molecule has 0 saturated carbocycles. The van der Waals surface area contributed by atoms with Gasteiger partial charge in [-0.05, 0) is 44.7 Å². The number of urea groups is 1. The van der Waals surface area contributed by atoms with E-state index in [1.165, 1.54) is 0 Å². The topological polar surface area (TPSA) is 64.9 Å². The van der Waals surface area contributed by atoms with Crippen molar-refractivity contribution in [2.75, 3.05) is 12.8 Å². The summed E-state index contributed by atoms with van der Waals surface area (Å²) >= 11 is 1.72. The second-order valence-corrected chi connectivity index (χ2v) is 6.76. The van der Waals surface area contributed by atoms with Gasteiger partial charge in [0, 0.05) is 11.3 Å². The van der Waals surface area contributed by atoms with Crippen LogP contribution in [0.5, 0.6) is 0 Å². The molecule has 5 heteroatoms. The van der Waals surface area contributed by atoms with Crippen molar-refractivity contribution >= 4 is 17.8 Å². The predicted molar refractivity (Wildman–Crippen MR) is 83.7 cm³/mol. The van der Waals surface area contributed by atoms with Crippen molar-refractivity contribution < 1.29 is 4.79 Å². The highest BCUT2D eigenvalue weighted by atomic mass is 32.2. The van der Waals surface area contributed by atoms with Crippen LogP contribution in [-0.2, 0) is 0 Å². The molecule has 0 bridgehead atoms. The van der Waals surface area contributed by atoms with Gasteiger partial charge in [0.25, 0.3) is 0 Å². The maximum Gasteiger partial charge on any atom is 0.315 e. The smallest absolute Gasteiger partial charge is 0.315 e. The molecular formula is C15H21N3OS. The third-order valence-corrected chi connectivity index (χ3v) is 4.36. The fourth-order valence-electron chi connectivity index (χ4n) is 1.54. The zero-order valence-electron chi connectivity index (χ0n) is 12.4. The van der Waals surface area contributed by atoms with Crippen LogP contribution in [0.1, 0.15) is 37.9 Å². The molecule has 0 aliphatic carbocycles. The molecule has 1 aromatic carbocycles. The number of hydrogen-bond donors (Lipinski definition) is 2. The summed E-state index contributed by atoms with van der Waals surface area (Å²) in [6.45, 7) is 6.70. The molecule has 4 nitrogen and oxygen atoms in total. The van der Waals surface area contributed by atoms with E-state index in [2.05, 4.69) is 30.6 Å². The van der Waals surface area contributed by atoms with Crippen LogP contribution in [-0.4, -0.2) is 23.6 Å². The molecule has 1 aromatic rings. The van der Waals surface area contributed by atoms with E-state index in [1.807, 2.05) is 25.3 Å². The number of nitrogens with one attached hydrogen (secondary N) is 2. The minimum Gasteiger partial charge on any atom is -0.337 e. The van der Waals surface area contributed by atoms with Gasteiger partial charge in [0.1, 0.15) is 0 Å². The van der Waals surface area contributed by atoms with Crippen molar-refractivity contribution in [3.63, 3.8) is 0 Å². The fourth-order valence-corrected chi connectivity index (χ4v) is 1.76. The lowest BCUT2D eigenvalue weighted by molar-refractivity contribution is 0.237. The lowest BCUT2D eigenvalue weighted by atomic mass is 10.1. The fraction of sp³-hybridized carbons (Fsp3) is 0.467. The molecule has 0 heterocycles. The maximum atomic E-state index is 11.8. The van der Waals surface area contributed by atoms with Gasteiger partial charge in [-0.25, -0.2) is 4.79 Å². The van der Waals surface area contributed by atoms with Crippen LogP contribution < -0.4 is 10.6 Å². The van der Waals surface area contributed by atoms with Crippen molar-refractivity contribution in [2.45, 2.75) is 31.6 Å². The van der Waals surface area contributed by atoms with E-state index in [0.29, 0.717) is 12.1 Å². The van der Waals surface area contributed by atoms with Crippen molar-refractivity contribution in [1.29, 1.82) is 5.26 Å². The molecule has 0 fully saturated rings. The van der Waals surface area contributed by atoms with E-state index in [0.717, 1.165) is 5.56 Å². The van der Waals surface area contributed by atoms with Crippen LogP contribution in [0.15, 0.2) is 24.3 Å². The second kappa shape index (κ2) is 7.20. The van der Waals surface area contributed by atoms with Gasteiger partial charge in [0.2, 0.25) is 0 Å². The summed E-state index contributed by atoms with van der Waals surface area (Å²) in [7, 11) is 0. The largest absolute Gasteiger partial charge is 0.337 e. The lowest BCUT2D eigenvalue weighted by Gasteiger charge is -2.23. The molecule has 0 aliphatic rings. The van der Waals surface area contributed by atoms with Crippen LogP contribution >= 0.6 is 11.8 Å². The number of nitriles is 1. The first-order chi connectivity index (χ1) is 9.38. The molecule has 2 amide bonds. The molecule has 2 N–H and O–H groups in total. The van der Waals surface area contributed by atoms with Crippen molar-refractivity contribution in [3.8, 4) is 6.07 Å². The molecule has 0 spiro atoms. The van der Waals surface area contributed by atoms with E-state index >= 15 is 0 Å². The average Bonchev–Trinajstić information content (AvgIpc) is 2.45. The number of hydrogen-bond acceptors (Lipinski definition) is 3. The van der Waals surface area contributed by atoms with Crippen molar-refractivity contribution in [3.05, 3.63) is 35.4 Å². The highest BCUT2D eigenvalue weighted by Crippen LogP contribution is 2.19. The maximum absolute atomic E-state index is 11.8. The first kappa shape index (κ1) is 16.4. The zero-order chi connectivity index (χ0) is 15.2. The van der Waals surface area contributed by atoms with Crippen molar-refractivity contribution in [1.82, 2.24) is 10.6 Å². The van der Waals surface area contributed by atoms with Gasteiger partial charge in [0.05, 0.1) is 17.7 Å². The number of thioether (sulfide) groups is 1. The Morgan fingerprint density at radius 3 is 2.50 bits per heavy atom. The molecular weight excluding hydrogens is 270 g/mol. The second-order valence-electron chi connectivity index (χ2n) is 5.25. The van der Waals surface area contributed by atoms with E-state index < -0.39 is 0 Å². The van der Waals surface area contributed by atoms with E-state index in [1.54, 1.807) is 23.9 Å². The molecule has 0 unspecified atom stereocenters. The molecule has 108 valence electrons. The van der Waals surface area contributed by atoms with Gasteiger partial charge in [0.15, 0.2) is 0 Å². The Labute approximate surface area is 124 Å². The molecule has 0 saturated heterocycles. The number of rotatable bonds is 5.